The Bertz CT molecular complexity index is 410. The molecule has 2 N–H and O–H groups in total. The summed E-state index contributed by atoms with van der Waals surface area (Å²) in [5.41, 5.74) is 4.90. The van der Waals surface area contributed by atoms with Gasteiger partial charge in [0.05, 0.1) is 10.7 Å². The average Bonchev–Trinajstić information content (AvgIpc) is 2.99. The Hall–Kier alpha value is -0.750. The molecular weight excluding hydrogens is 255 g/mol. The van der Waals surface area contributed by atoms with E-state index in [1.807, 2.05) is 0 Å². The molecule has 0 saturated heterocycles. The van der Waals surface area contributed by atoms with E-state index in [9.17, 15) is 13.2 Å². The minimum atomic E-state index is -4.49. The first-order chi connectivity index (χ1) is 7.95. The first kappa shape index (κ1) is 12.7. The second-order valence-corrected chi connectivity index (χ2v) is 4.56. The van der Waals surface area contributed by atoms with Crippen molar-refractivity contribution in [2.75, 3.05) is 6.54 Å². The Morgan fingerprint density at radius 2 is 2.06 bits per heavy atom. The van der Waals surface area contributed by atoms with Crippen LogP contribution in [-0.4, -0.2) is 16.3 Å². The molecule has 96 valence electrons. The summed E-state index contributed by atoms with van der Waals surface area (Å²) in [7, 11) is 0. The first-order valence-corrected chi connectivity index (χ1v) is 5.86. The van der Waals surface area contributed by atoms with Crippen LogP contribution >= 0.6 is 11.6 Å². The summed E-state index contributed by atoms with van der Waals surface area (Å²) < 4.78 is 39.4. The fraction of sp³-hybridized carbons (Fsp3) is 0.700. The average molecular weight is 268 g/mol. The standard InChI is InChI=1S/C10H13ClF3N3/c11-7-8(6-2-3-6)17(5-1-4-15)16-9(7)10(12,13)14/h6H,1-5,15H2. The third kappa shape index (κ3) is 2.57. The normalized spacial score (nSPS) is 16.5. The largest absolute Gasteiger partial charge is 0.436 e. The summed E-state index contributed by atoms with van der Waals surface area (Å²) in [5.74, 6) is 0.129. The van der Waals surface area contributed by atoms with Gasteiger partial charge in [-0.3, -0.25) is 4.68 Å². The van der Waals surface area contributed by atoms with Crippen LogP contribution in [0.15, 0.2) is 0 Å². The second kappa shape index (κ2) is 4.49. The van der Waals surface area contributed by atoms with Crippen LogP contribution in [0.2, 0.25) is 5.02 Å². The van der Waals surface area contributed by atoms with Crippen LogP contribution in [0.5, 0.6) is 0 Å². The zero-order valence-corrected chi connectivity index (χ0v) is 9.85. The maximum atomic E-state index is 12.7. The summed E-state index contributed by atoms with van der Waals surface area (Å²) >= 11 is 5.79. The molecule has 1 aliphatic carbocycles. The minimum absolute atomic E-state index is 0.129. The summed E-state index contributed by atoms with van der Waals surface area (Å²) in [6, 6.07) is 0. The summed E-state index contributed by atoms with van der Waals surface area (Å²) in [4.78, 5) is 0. The van der Waals surface area contributed by atoms with Gasteiger partial charge in [0.25, 0.3) is 0 Å². The summed E-state index contributed by atoms with van der Waals surface area (Å²) in [6.45, 7) is 0.807. The Morgan fingerprint density at radius 3 is 2.53 bits per heavy atom. The highest BCUT2D eigenvalue weighted by Crippen LogP contribution is 2.46. The summed E-state index contributed by atoms with van der Waals surface area (Å²) in [6.07, 6.45) is -2.14. The zero-order valence-electron chi connectivity index (χ0n) is 9.10. The van der Waals surface area contributed by atoms with Crippen molar-refractivity contribution in [1.29, 1.82) is 0 Å². The molecule has 0 radical (unpaired) electrons. The molecule has 1 saturated carbocycles. The van der Waals surface area contributed by atoms with Gasteiger partial charge < -0.3 is 5.73 Å². The lowest BCUT2D eigenvalue weighted by atomic mass is 10.2. The number of aryl methyl sites for hydroxylation is 1. The Labute approximate surface area is 102 Å². The van der Waals surface area contributed by atoms with Crippen molar-refractivity contribution in [3.63, 3.8) is 0 Å². The molecule has 0 bridgehead atoms. The molecule has 0 aliphatic heterocycles. The molecule has 3 nitrogen and oxygen atoms in total. The van der Waals surface area contributed by atoms with Crippen molar-refractivity contribution >= 4 is 11.6 Å². The highest BCUT2D eigenvalue weighted by atomic mass is 35.5. The van der Waals surface area contributed by atoms with E-state index in [1.165, 1.54) is 4.68 Å². The van der Waals surface area contributed by atoms with Gasteiger partial charge in [0.1, 0.15) is 0 Å². The second-order valence-electron chi connectivity index (χ2n) is 4.19. The molecular formula is C10H13ClF3N3. The van der Waals surface area contributed by atoms with E-state index < -0.39 is 11.9 Å². The SMILES string of the molecule is NCCCn1nc(C(F)(F)F)c(Cl)c1C1CC1. The highest BCUT2D eigenvalue weighted by molar-refractivity contribution is 6.32. The number of nitrogens with zero attached hydrogens (tertiary/aromatic N) is 2. The lowest BCUT2D eigenvalue weighted by molar-refractivity contribution is -0.141. The molecule has 0 atom stereocenters. The predicted molar refractivity (Wildman–Crippen MR) is 57.9 cm³/mol. The van der Waals surface area contributed by atoms with Gasteiger partial charge in [-0.05, 0) is 25.8 Å². The van der Waals surface area contributed by atoms with E-state index in [-0.39, 0.29) is 10.9 Å². The van der Waals surface area contributed by atoms with Gasteiger partial charge in [0, 0.05) is 12.5 Å². The quantitative estimate of drug-likeness (QED) is 0.912. The molecule has 1 heterocycles. The van der Waals surface area contributed by atoms with Crippen LogP contribution < -0.4 is 5.73 Å². The monoisotopic (exact) mass is 267 g/mol. The smallest absolute Gasteiger partial charge is 0.330 e. The third-order valence-electron chi connectivity index (χ3n) is 2.74. The minimum Gasteiger partial charge on any atom is -0.330 e. The number of hydrogen-bond acceptors (Lipinski definition) is 2. The Balaban J connectivity index is 2.36. The van der Waals surface area contributed by atoms with Crippen molar-refractivity contribution in [3.8, 4) is 0 Å². The van der Waals surface area contributed by atoms with Crippen molar-refractivity contribution in [2.45, 2.75) is 37.9 Å². The van der Waals surface area contributed by atoms with Crippen molar-refractivity contribution in [1.82, 2.24) is 9.78 Å². The predicted octanol–water partition coefficient (Wildman–Crippen LogP) is 2.78. The maximum absolute atomic E-state index is 12.7. The van der Waals surface area contributed by atoms with Crippen LogP contribution in [0.4, 0.5) is 13.2 Å². The van der Waals surface area contributed by atoms with Gasteiger partial charge in [-0.25, -0.2) is 0 Å². The molecule has 1 aromatic rings. The number of rotatable bonds is 4. The Kier molecular flexibility index (Phi) is 3.36. The molecule has 7 heteroatoms. The molecule has 1 aromatic heterocycles. The number of hydrogen-bond donors (Lipinski definition) is 1. The molecule has 17 heavy (non-hydrogen) atoms. The molecule has 1 aliphatic rings. The first-order valence-electron chi connectivity index (χ1n) is 5.48. The van der Waals surface area contributed by atoms with Gasteiger partial charge >= 0.3 is 6.18 Å². The van der Waals surface area contributed by atoms with Crippen LogP contribution in [-0.2, 0) is 12.7 Å². The van der Waals surface area contributed by atoms with Gasteiger partial charge in [-0.15, -0.1) is 0 Å². The number of halogens is 4. The topological polar surface area (TPSA) is 43.8 Å². The highest BCUT2D eigenvalue weighted by Gasteiger charge is 2.41. The van der Waals surface area contributed by atoms with Crippen LogP contribution in [0.3, 0.4) is 0 Å². The van der Waals surface area contributed by atoms with E-state index in [4.69, 9.17) is 17.3 Å². The molecule has 0 spiro atoms. The van der Waals surface area contributed by atoms with Crippen molar-refractivity contribution < 1.29 is 13.2 Å². The van der Waals surface area contributed by atoms with Crippen LogP contribution in [0.1, 0.15) is 36.6 Å². The third-order valence-corrected chi connectivity index (χ3v) is 3.11. The number of aromatic nitrogens is 2. The zero-order chi connectivity index (χ0) is 12.6. The molecule has 1 fully saturated rings. The van der Waals surface area contributed by atoms with Crippen molar-refractivity contribution in [3.05, 3.63) is 16.4 Å². The van der Waals surface area contributed by atoms with Gasteiger partial charge in [-0.1, -0.05) is 11.6 Å². The fourth-order valence-electron chi connectivity index (χ4n) is 1.79. The molecule has 0 aromatic carbocycles. The molecule has 2 rings (SSSR count). The van der Waals surface area contributed by atoms with E-state index in [1.54, 1.807) is 0 Å². The van der Waals surface area contributed by atoms with Gasteiger partial charge in [-0.2, -0.15) is 18.3 Å². The number of alkyl halides is 3. The fourth-order valence-corrected chi connectivity index (χ4v) is 2.19. The van der Waals surface area contributed by atoms with E-state index in [0.29, 0.717) is 25.2 Å². The number of nitrogens with two attached hydrogens (primary N) is 1. The lowest BCUT2D eigenvalue weighted by Gasteiger charge is -2.05. The van der Waals surface area contributed by atoms with E-state index in [2.05, 4.69) is 5.10 Å². The van der Waals surface area contributed by atoms with Crippen LogP contribution in [0.25, 0.3) is 0 Å². The van der Waals surface area contributed by atoms with Crippen LogP contribution in [0, 0.1) is 0 Å². The maximum Gasteiger partial charge on any atom is 0.436 e. The van der Waals surface area contributed by atoms with Crippen molar-refractivity contribution in [2.24, 2.45) is 5.73 Å². The Morgan fingerprint density at radius 1 is 1.41 bits per heavy atom. The molecule has 0 unspecified atom stereocenters. The van der Waals surface area contributed by atoms with E-state index >= 15 is 0 Å². The summed E-state index contributed by atoms with van der Waals surface area (Å²) in [5, 5.41) is 3.35. The lowest BCUT2D eigenvalue weighted by Crippen LogP contribution is -2.11. The van der Waals surface area contributed by atoms with Gasteiger partial charge in [0.15, 0.2) is 5.69 Å². The van der Waals surface area contributed by atoms with Gasteiger partial charge in [0.2, 0.25) is 0 Å². The molecule has 0 amide bonds. The van der Waals surface area contributed by atoms with E-state index in [0.717, 1.165) is 12.8 Å².